The Labute approximate surface area is 222 Å². The van der Waals surface area contributed by atoms with Gasteiger partial charge in [-0.15, -0.1) is 0 Å². The molecular weight excluding hydrogens is 496 g/mol. The van der Waals surface area contributed by atoms with Gasteiger partial charge in [0, 0.05) is 31.6 Å². The van der Waals surface area contributed by atoms with E-state index < -0.39 is 6.09 Å². The molecule has 0 bridgehead atoms. The topological polar surface area (TPSA) is 188 Å². The number of amides is 1. The summed E-state index contributed by atoms with van der Waals surface area (Å²) in [5.74, 6) is 1.04. The summed E-state index contributed by atoms with van der Waals surface area (Å²) in [5.41, 5.74) is 19.0. The van der Waals surface area contributed by atoms with E-state index in [2.05, 4.69) is 32.2 Å². The van der Waals surface area contributed by atoms with E-state index in [-0.39, 0.29) is 23.2 Å². The fraction of sp³-hybridized carbons (Fsp3) is 0.560. The summed E-state index contributed by atoms with van der Waals surface area (Å²) in [6, 6.07) is 1.69. The average molecular weight is 533 g/mol. The molecule has 2 heterocycles. The van der Waals surface area contributed by atoms with E-state index in [1.165, 1.54) is 31.9 Å². The quantitative estimate of drug-likeness (QED) is 0.204. The molecule has 1 amide bonds. The fourth-order valence-electron chi connectivity index (χ4n) is 4.63. The standard InChI is InChI=1S/C19H24ClN7O2.C6H13NO/c1-10-2-4-11(5-3-10)7-24-15-14(12-6-13(20)9-23-8-12)25-18(26-16(15)21)17(22)27-19(28)29;1-8-6(7)4-2-3-5-6/h6,8-11,24H,2-5,7H2,1H3,(H2,22,27)(H,28,29)(H2,21,25,26);2-5,7H2,1H3. The SMILES string of the molecule is CC1CCC(CNc2c(N)nc(/C(N)=N/C(=O)O)nc2-c2cncc(Cl)c2)CC1.COC1(N)CCCC1. The molecular formula is C25H37ClN8O3. The highest BCUT2D eigenvalue weighted by molar-refractivity contribution is 6.30. The number of hydrogen-bond donors (Lipinski definition) is 5. The van der Waals surface area contributed by atoms with E-state index in [1.54, 1.807) is 19.4 Å². The monoisotopic (exact) mass is 532 g/mol. The van der Waals surface area contributed by atoms with Gasteiger partial charge in [-0.1, -0.05) is 31.4 Å². The summed E-state index contributed by atoms with van der Waals surface area (Å²) in [4.78, 5) is 26.7. The van der Waals surface area contributed by atoms with Gasteiger partial charge in [-0.3, -0.25) is 4.98 Å². The summed E-state index contributed by atoms with van der Waals surface area (Å²) in [6.07, 6.45) is 10.9. The number of pyridine rings is 1. The Hall–Kier alpha value is -3.02. The maximum atomic E-state index is 10.8. The zero-order valence-corrected chi connectivity index (χ0v) is 22.2. The number of nitrogen functional groups attached to an aromatic ring is 1. The minimum Gasteiger partial charge on any atom is -0.463 e. The summed E-state index contributed by atoms with van der Waals surface area (Å²) in [5, 5.41) is 12.6. The molecule has 202 valence electrons. The second kappa shape index (κ2) is 13.0. The van der Waals surface area contributed by atoms with Gasteiger partial charge >= 0.3 is 6.09 Å². The zero-order chi connectivity index (χ0) is 27.0. The van der Waals surface area contributed by atoms with Crippen molar-refractivity contribution in [3.8, 4) is 11.3 Å². The Kier molecular flexibility index (Phi) is 10.0. The van der Waals surface area contributed by atoms with Crippen molar-refractivity contribution in [1.82, 2.24) is 15.0 Å². The number of nitrogens with two attached hydrogens (primary N) is 3. The number of nitrogens with zero attached hydrogens (tertiary/aromatic N) is 4. The molecule has 0 spiro atoms. The second-order valence-electron chi connectivity index (χ2n) is 9.81. The molecule has 0 aliphatic heterocycles. The second-order valence-corrected chi connectivity index (χ2v) is 10.2. The lowest BCUT2D eigenvalue weighted by molar-refractivity contribution is 0.00149. The summed E-state index contributed by atoms with van der Waals surface area (Å²) < 4.78 is 5.08. The molecule has 0 atom stereocenters. The summed E-state index contributed by atoms with van der Waals surface area (Å²) in [7, 11) is 1.69. The fourth-order valence-corrected chi connectivity index (χ4v) is 4.80. The first-order valence-electron chi connectivity index (χ1n) is 12.5. The number of methoxy groups -OCH3 is 1. The Bertz CT molecular complexity index is 1100. The van der Waals surface area contributed by atoms with Crippen molar-refractivity contribution in [2.45, 2.75) is 64.0 Å². The van der Waals surface area contributed by atoms with Crippen LogP contribution in [0.4, 0.5) is 16.3 Å². The van der Waals surface area contributed by atoms with Crippen LogP contribution in [0.1, 0.15) is 64.1 Å². The lowest BCUT2D eigenvalue weighted by Crippen LogP contribution is -2.38. The molecule has 2 aromatic rings. The van der Waals surface area contributed by atoms with Gasteiger partial charge in [0.05, 0.1) is 5.02 Å². The minimum atomic E-state index is -1.44. The predicted octanol–water partition coefficient (Wildman–Crippen LogP) is 4.26. The first-order chi connectivity index (χ1) is 17.6. The highest BCUT2D eigenvalue weighted by Gasteiger charge is 2.28. The Balaban J connectivity index is 0.000000405. The number of anilines is 2. The third kappa shape index (κ3) is 8.24. The van der Waals surface area contributed by atoms with Gasteiger partial charge in [0.2, 0.25) is 0 Å². The van der Waals surface area contributed by atoms with Gasteiger partial charge in [-0.25, -0.2) is 14.8 Å². The molecule has 0 unspecified atom stereocenters. The minimum absolute atomic E-state index is 0.0723. The number of halogens is 1. The molecule has 0 aromatic carbocycles. The van der Waals surface area contributed by atoms with Crippen LogP contribution in [0.15, 0.2) is 23.5 Å². The van der Waals surface area contributed by atoms with E-state index in [0.717, 1.165) is 38.1 Å². The lowest BCUT2D eigenvalue weighted by Gasteiger charge is -2.27. The maximum absolute atomic E-state index is 10.8. The van der Waals surface area contributed by atoms with Crippen LogP contribution in [-0.4, -0.2) is 51.4 Å². The molecule has 8 N–H and O–H groups in total. The van der Waals surface area contributed by atoms with Gasteiger partial charge in [0.1, 0.15) is 17.1 Å². The molecule has 37 heavy (non-hydrogen) atoms. The van der Waals surface area contributed by atoms with Crippen LogP contribution in [-0.2, 0) is 4.74 Å². The molecule has 0 radical (unpaired) electrons. The van der Waals surface area contributed by atoms with Crippen molar-refractivity contribution in [3.63, 3.8) is 0 Å². The summed E-state index contributed by atoms with van der Waals surface area (Å²) in [6.45, 7) is 3.01. The van der Waals surface area contributed by atoms with Gasteiger partial charge < -0.3 is 32.4 Å². The van der Waals surface area contributed by atoms with Gasteiger partial charge in [0.25, 0.3) is 0 Å². The molecule has 0 saturated heterocycles. The molecule has 12 heteroatoms. The maximum Gasteiger partial charge on any atom is 0.433 e. The molecule has 4 rings (SSSR count). The Morgan fingerprint density at radius 1 is 1.24 bits per heavy atom. The van der Waals surface area contributed by atoms with Gasteiger partial charge in [-0.2, -0.15) is 4.99 Å². The van der Waals surface area contributed by atoms with Crippen molar-refractivity contribution < 1.29 is 14.6 Å². The molecule has 2 aliphatic carbocycles. The first kappa shape index (κ1) is 28.5. The number of nitrogens with one attached hydrogen (secondary N) is 1. The number of ether oxygens (including phenoxy) is 1. The number of aromatic nitrogens is 3. The van der Waals surface area contributed by atoms with Crippen molar-refractivity contribution >= 4 is 35.0 Å². The Morgan fingerprint density at radius 2 is 1.92 bits per heavy atom. The third-order valence-corrected chi connectivity index (χ3v) is 7.13. The van der Waals surface area contributed by atoms with E-state index in [4.69, 9.17) is 38.6 Å². The highest BCUT2D eigenvalue weighted by Crippen LogP contribution is 2.33. The number of rotatable bonds is 6. The van der Waals surface area contributed by atoms with Crippen molar-refractivity contribution in [2.75, 3.05) is 24.7 Å². The molecule has 2 fully saturated rings. The van der Waals surface area contributed by atoms with Gasteiger partial charge in [0.15, 0.2) is 17.5 Å². The van der Waals surface area contributed by atoms with Crippen LogP contribution in [0.3, 0.4) is 0 Å². The molecule has 2 aliphatic rings. The van der Waals surface area contributed by atoms with Crippen LogP contribution < -0.4 is 22.5 Å². The first-order valence-corrected chi connectivity index (χ1v) is 12.9. The predicted molar refractivity (Wildman–Crippen MR) is 145 cm³/mol. The normalized spacial score (nSPS) is 21.1. The molecule has 11 nitrogen and oxygen atoms in total. The number of hydrogen-bond acceptors (Lipinski definition) is 8. The lowest BCUT2D eigenvalue weighted by atomic mass is 9.83. The average Bonchev–Trinajstić information content (AvgIpc) is 3.31. The van der Waals surface area contributed by atoms with Crippen molar-refractivity contribution in [1.29, 1.82) is 0 Å². The van der Waals surface area contributed by atoms with Crippen LogP contribution in [0, 0.1) is 11.8 Å². The van der Waals surface area contributed by atoms with Crippen LogP contribution in [0.5, 0.6) is 0 Å². The number of aliphatic imine (C=N–C) groups is 1. The zero-order valence-electron chi connectivity index (χ0n) is 21.4. The van der Waals surface area contributed by atoms with Crippen molar-refractivity contribution in [3.05, 3.63) is 29.3 Å². The Morgan fingerprint density at radius 3 is 2.49 bits per heavy atom. The highest BCUT2D eigenvalue weighted by atomic mass is 35.5. The summed E-state index contributed by atoms with van der Waals surface area (Å²) >= 11 is 6.09. The van der Waals surface area contributed by atoms with Crippen LogP contribution in [0.25, 0.3) is 11.3 Å². The number of carboxylic acid groups (broad SMARTS) is 1. The van der Waals surface area contributed by atoms with E-state index in [0.29, 0.717) is 27.9 Å². The van der Waals surface area contributed by atoms with E-state index in [9.17, 15) is 4.79 Å². The van der Waals surface area contributed by atoms with E-state index in [1.807, 2.05) is 0 Å². The number of carbonyl (C=O) groups is 1. The van der Waals surface area contributed by atoms with Gasteiger partial charge in [-0.05, 0) is 56.4 Å². The number of amidine groups is 1. The largest absolute Gasteiger partial charge is 0.463 e. The van der Waals surface area contributed by atoms with E-state index >= 15 is 0 Å². The smallest absolute Gasteiger partial charge is 0.433 e. The van der Waals surface area contributed by atoms with Crippen LogP contribution >= 0.6 is 11.6 Å². The molecule has 2 saturated carbocycles. The van der Waals surface area contributed by atoms with Crippen LogP contribution in [0.2, 0.25) is 5.02 Å². The third-order valence-electron chi connectivity index (χ3n) is 6.92. The van der Waals surface area contributed by atoms with Crippen molar-refractivity contribution in [2.24, 2.45) is 28.3 Å². The molecule has 2 aromatic heterocycles.